The minimum absolute atomic E-state index is 0. The van der Waals surface area contributed by atoms with E-state index in [1.807, 2.05) is 23.4 Å². The second kappa shape index (κ2) is 14.8. The number of halogens is 2. The summed E-state index contributed by atoms with van der Waals surface area (Å²) in [5.74, 6) is 1.92. The Morgan fingerprint density at radius 2 is 1.53 bits per heavy atom. The molecule has 2 aromatic heterocycles. The van der Waals surface area contributed by atoms with E-state index in [1.54, 1.807) is 0 Å². The maximum Gasteiger partial charge on any atom is 0.321 e. The molecule has 0 unspecified atom stereocenters. The number of carbonyl (C=O) groups is 1. The number of likely N-dealkylation sites (tertiary alicyclic amines) is 1. The van der Waals surface area contributed by atoms with E-state index in [1.165, 1.54) is 31.2 Å². The maximum atomic E-state index is 13.0. The molecule has 0 spiro atoms. The largest absolute Gasteiger partial charge is 0.365 e. The third kappa shape index (κ3) is 7.83. The second-order valence-corrected chi connectivity index (χ2v) is 12.5. The summed E-state index contributed by atoms with van der Waals surface area (Å²) in [5.41, 5.74) is 9.98. The number of fused-ring (bicyclic) bond motifs is 1. The van der Waals surface area contributed by atoms with E-state index in [9.17, 15) is 4.79 Å². The van der Waals surface area contributed by atoms with Crippen molar-refractivity contribution in [2.24, 2.45) is 5.73 Å². The van der Waals surface area contributed by atoms with Crippen LogP contribution in [0.2, 0.25) is 0 Å². The summed E-state index contributed by atoms with van der Waals surface area (Å²) in [5, 5.41) is 10.4. The van der Waals surface area contributed by atoms with E-state index in [-0.39, 0.29) is 36.9 Å². The zero-order chi connectivity index (χ0) is 28.3. The highest BCUT2D eigenvalue weighted by atomic mass is 35.5. The van der Waals surface area contributed by atoms with Crippen molar-refractivity contribution in [3.8, 4) is 0 Å². The van der Waals surface area contributed by atoms with Gasteiger partial charge in [-0.25, -0.2) is 9.78 Å². The summed E-state index contributed by atoms with van der Waals surface area (Å²) >= 11 is 0. The normalized spacial score (nSPS) is 21.3. The number of nitrogens with two attached hydrogens (primary N) is 1. The van der Waals surface area contributed by atoms with Crippen LogP contribution in [-0.4, -0.2) is 61.7 Å². The van der Waals surface area contributed by atoms with Crippen LogP contribution < -0.4 is 21.7 Å². The lowest BCUT2D eigenvalue weighted by Crippen LogP contribution is -2.44. The lowest BCUT2D eigenvalue weighted by molar-refractivity contribution is 0.197. The van der Waals surface area contributed by atoms with Gasteiger partial charge in [0.2, 0.25) is 5.95 Å². The summed E-state index contributed by atoms with van der Waals surface area (Å²) in [7, 11) is 0. The van der Waals surface area contributed by atoms with E-state index in [2.05, 4.69) is 46.5 Å². The molecule has 1 aromatic carbocycles. The molecule has 2 saturated carbocycles. The Labute approximate surface area is 267 Å². The third-order valence-corrected chi connectivity index (χ3v) is 9.20. The van der Waals surface area contributed by atoms with E-state index < -0.39 is 0 Å². The van der Waals surface area contributed by atoms with Crippen molar-refractivity contribution >= 4 is 59.5 Å². The van der Waals surface area contributed by atoms with Crippen LogP contribution >= 0.6 is 24.8 Å². The summed E-state index contributed by atoms with van der Waals surface area (Å²) < 4.78 is 2.26. The Morgan fingerprint density at radius 1 is 0.884 bits per heavy atom. The average molecular weight is 633 g/mol. The van der Waals surface area contributed by atoms with Crippen LogP contribution in [0.15, 0.2) is 30.6 Å². The van der Waals surface area contributed by atoms with Crippen LogP contribution in [0.1, 0.15) is 95.6 Å². The highest BCUT2D eigenvalue weighted by Gasteiger charge is 2.27. The number of hydrogen-bond acceptors (Lipinski definition) is 7. The Kier molecular flexibility index (Phi) is 11.4. The molecule has 0 bridgehead atoms. The zero-order valence-corrected chi connectivity index (χ0v) is 26.9. The standard InChI is InChI=1S/C31H45N9O.2ClH/c1-20(2)21-7-11-24(12-8-21)36-31(41)39-17-15-25(16-18-39)34-28-27-29(40(19-33-27)26-5-3-4-6-26)38-30(37-28)35-23-13-9-22(32)10-14-23;;/h7-8,11-12,19-20,22-23,25-26H,3-6,9-10,13-18,32H2,1-2H3,(H,36,41)(H2,34,35,37,38);2*1H. The van der Waals surface area contributed by atoms with Crippen LogP contribution in [0.5, 0.6) is 0 Å². The fraction of sp³-hybridized carbons (Fsp3) is 0.613. The summed E-state index contributed by atoms with van der Waals surface area (Å²) in [6, 6.07) is 9.39. The molecule has 2 aliphatic carbocycles. The van der Waals surface area contributed by atoms with Gasteiger partial charge in [0.25, 0.3) is 0 Å². The van der Waals surface area contributed by atoms with Crippen molar-refractivity contribution in [1.82, 2.24) is 24.4 Å². The highest BCUT2D eigenvalue weighted by molar-refractivity contribution is 5.89. The molecule has 236 valence electrons. The van der Waals surface area contributed by atoms with E-state index in [4.69, 9.17) is 20.7 Å². The number of anilines is 3. The fourth-order valence-corrected chi connectivity index (χ4v) is 6.55. The fourth-order valence-electron chi connectivity index (χ4n) is 6.55. The number of urea groups is 1. The molecule has 10 nitrogen and oxygen atoms in total. The number of piperidine rings is 1. The second-order valence-electron chi connectivity index (χ2n) is 12.5. The topological polar surface area (TPSA) is 126 Å². The Morgan fingerprint density at radius 3 is 2.19 bits per heavy atom. The molecule has 0 radical (unpaired) electrons. The van der Waals surface area contributed by atoms with Crippen LogP contribution in [0, 0.1) is 0 Å². The average Bonchev–Trinajstić information content (AvgIpc) is 3.65. The molecule has 3 aliphatic rings. The minimum Gasteiger partial charge on any atom is -0.365 e. The van der Waals surface area contributed by atoms with Crippen LogP contribution in [0.3, 0.4) is 0 Å². The van der Waals surface area contributed by atoms with Gasteiger partial charge >= 0.3 is 6.03 Å². The quantitative estimate of drug-likeness (QED) is 0.228. The number of benzene rings is 1. The molecule has 2 amide bonds. The SMILES string of the molecule is CC(C)c1ccc(NC(=O)N2CCC(Nc3nc(NC4CCC(N)CC4)nc4c3ncn4C3CCCC3)CC2)cc1.Cl.Cl. The first kappa shape index (κ1) is 33.1. The summed E-state index contributed by atoms with van der Waals surface area (Å²) in [6.45, 7) is 5.71. The van der Waals surface area contributed by atoms with Crippen molar-refractivity contribution in [3.05, 3.63) is 36.2 Å². The van der Waals surface area contributed by atoms with Crippen molar-refractivity contribution < 1.29 is 4.79 Å². The first-order valence-corrected chi connectivity index (χ1v) is 15.6. The van der Waals surface area contributed by atoms with Crippen LogP contribution in [-0.2, 0) is 0 Å². The number of nitrogens with one attached hydrogen (secondary N) is 3. The van der Waals surface area contributed by atoms with Gasteiger partial charge in [-0.2, -0.15) is 9.97 Å². The molecular weight excluding hydrogens is 585 g/mol. The third-order valence-electron chi connectivity index (χ3n) is 9.20. The summed E-state index contributed by atoms with van der Waals surface area (Å²) in [4.78, 5) is 29.6. The van der Waals surface area contributed by atoms with E-state index in [0.717, 1.165) is 61.2 Å². The van der Waals surface area contributed by atoms with Gasteiger partial charge in [0.15, 0.2) is 17.0 Å². The van der Waals surface area contributed by atoms with Gasteiger partial charge in [0.1, 0.15) is 0 Å². The van der Waals surface area contributed by atoms with Gasteiger partial charge in [0.05, 0.1) is 6.33 Å². The lowest BCUT2D eigenvalue weighted by atomic mass is 9.92. The number of hydrogen-bond donors (Lipinski definition) is 4. The highest BCUT2D eigenvalue weighted by Crippen LogP contribution is 2.34. The predicted octanol–water partition coefficient (Wildman–Crippen LogP) is 6.70. The number of amides is 2. The number of carbonyl (C=O) groups excluding carboxylic acids is 1. The summed E-state index contributed by atoms with van der Waals surface area (Å²) in [6.07, 6.45) is 12.6. The van der Waals surface area contributed by atoms with E-state index in [0.29, 0.717) is 43.1 Å². The molecule has 12 heteroatoms. The zero-order valence-electron chi connectivity index (χ0n) is 25.3. The van der Waals surface area contributed by atoms with Gasteiger partial charge in [-0.15, -0.1) is 24.8 Å². The van der Waals surface area contributed by atoms with Gasteiger partial charge in [-0.1, -0.05) is 38.8 Å². The maximum absolute atomic E-state index is 13.0. The Bertz CT molecular complexity index is 1330. The van der Waals surface area contributed by atoms with Crippen molar-refractivity contribution in [2.45, 2.75) is 108 Å². The molecule has 1 aliphatic heterocycles. The molecule has 3 heterocycles. The van der Waals surface area contributed by atoms with Gasteiger partial charge in [-0.05, 0) is 75.0 Å². The number of imidazole rings is 1. The molecule has 0 atom stereocenters. The molecule has 5 N–H and O–H groups in total. The van der Waals surface area contributed by atoms with Crippen molar-refractivity contribution in [2.75, 3.05) is 29.0 Å². The number of rotatable bonds is 7. The monoisotopic (exact) mass is 631 g/mol. The molecule has 3 fully saturated rings. The van der Waals surface area contributed by atoms with Gasteiger partial charge < -0.3 is 31.2 Å². The van der Waals surface area contributed by atoms with Gasteiger partial charge in [0, 0.05) is 42.9 Å². The van der Waals surface area contributed by atoms with Crippen molar-refractivity contribution in [3.63, 3.8) is 0 Å². The molecule has 1 saturated heterocycles. The number of nitrogens with zero attached hydrogens (tertiary/aromatic N) is 5. The van der Waals surface area contributed by atoms with Crippen LogP contribution in [0.4, 0.5) is 22.2 Å². The molecule has 6 rings (SSSR count). The van der Waals surface area contributed by atoms with Gasteiger partial charge in [-0.3, -0.25) is 0 Å². The van der Waals surface area contributed by atoms with E-state index >= 15 is 0 Å². The molecule has 43 heavy (non-hydrogen) atoms. The first-order chi connectivity index (χ1) is 19.9. The Hall–Kier alpha value is -2.82. The smallest absolute Gasteiger partial charge is 0.321 e. The molecular formula is C31H47Cl2N9O. The lowest BCUT2D eigenvalue weighted by Gasteiger charge is -2.32. The number of aromatic nitrogens is 4. The minimum atomic E-state index is -0.0424. The van der Waals surface area contributed by atoms with Crippen molar-refractivity contribution in [1.29, 1.82) is 0 Å². The van der Waals surface area contributed by atoms with Crippen LogP contribution in [0.25, 0.3) is 11.2 Å². The first-order valence-electron chi connectivity index (χ1n) is 15.6. The Balaban J connectivity index is 0.00000212. The molecule has 3 aromatic rings. The predicted molar refractivity (Wildman–Crippen MR) is 179 cm³/mol.